The molecule has 0 fully saturated rings. The summed E-state index contributed by atoms with van der Waals surface area (Å²) in [7, 11) is 0. The minimum absolute atomic E-state index is 0.194. The predicted octanol–water partition coefficient (Wildman–Crippen LogP) is 3.71. The summed E-state index contributed by atoms with van der Waals surface area (Å²) in [5, 5.41) is 27.8. The summed E-state index contributed by atoms with van der Waals surface area (Å²) in [6, 6.07) is 15.3. The molecule has 118 valence electrons. The Morgan fingerprint density at radius 3 is 1.50 bits per heavy atom. The topological polar surface area (TPSA) is 96.8 Å². The van der Waals surface area contributed by atoms with Gasteiger partial charge in [-0.1, -0.05) is 46.7 Å². The largest absolute Gasteiger partial charge is 0.410 e. The second-order valence-corrected chi connectivity index (χ2v) is 5.39. The summed E-state index contributed by atoms with van der Waals surface area (Å²) in [5.74, 6) is 0. The van der Waals surface area contributed by atoms with Crippen LogP contribution in [-0.4, -0.2) is 31.8 Å². The molecular weight excluding hydrogens is 304 g/mol. The van der Waals surface area contributed by atoms with Crippen molar-refractivity contribution in [2.45, 2.75) is 0 Å². The summed E-state index contributed by atoms with van der Waals surface area (Å²) in [6.07, 6.45) is 3.47. The number of nitrogens with zero attached hydrogens (tertiary/aromatic N) is 2. The van der Waals surface area contributed by atoms with E-state index in [1.165, 1.54) is 0 Å². The van der Waals surface area contributed by atoms with Crippen molar-refractivity contribution in [2.75, 3.05) is 0 Å². The van der Waals surface area contributed by atoms with Crippen molar-refractivity contribution >= 4 is 33.2 Å². The van der Waals surface area contributed by atoms with E-state index in [9.17, 15) is 10.4 Å². The van der Waals surface area contributed by atoms with Gasteiger partial charge in [0.05, 0.1) is 0 Å². The minimum atomic E-state index is 0.194. The number of oxime groups is 2. The molecule has 2 aromatic carbocycles. The van der Waals surface area contributed by atoms with Crippen molar-refractivity contribution in [3.8, 4) is 0 Å². The molecule has 0 aliphatic heterocycles. The van der Waals surface area contributed by atoms with Crippen LogP contribution in [0.15, 0.2) is 71.2 Å². The molecule has 4 rings (SSSR count). The van der Waals surface area contributed by atoms with Gasteiger partial charge in [0.15, 0.2) is 0 Å². The molecule has 0 unspecified atom stereocenters. The van der Waals surface area contributed by atoms with Gasteiger partial charge in [0, 0.05) is 45.3 Å². The first-order chi connectivity index (χ1) is 11.8. The molecule has 4 aromatic rings. The first kappa shape index (κ1) is 14.1. The van der Waals surface area contributed by atoms with Crippen LogP contribution in [0, 0.1) is 0 Å². The third-order valence-corrected chi connectivity index (χ3v) is 4.11. The number of hydrogen-bond acceptors (Lipinski definition) is 4. The molecule has 0 saturated carbocycles. The van der Waals surface area contributed by atoms with E-state index in [0.717, 1.165) is 21.8 Å². The Morgan fingerprint density at radius 2 is 1.08 bits per heavy atom. The summed E-state index contributed by atoms with van der Waals surface area (Å²) in [6.45, 7) is 0. The Balaban J connectivity index is 1.91. The number of aromatic amines is 2. The van der Waals surface area contributed by atoms with Crippen molar-refractivity contribution in [1.82, 2.24) is 9.97 Å². The highest BCUT2D eigenvalue weighted by molar-refractivity contribution is 6.56. The standard InChI is InChI=1S/C18H14N4O2/c23-21-17(13-9-19-15-7-3-1-5-11(13)15)18(22-24)14-10-20-16-8-4-2-6-12(14)16/h1-10,19-20,23-24H/b21-17+,22-18+. The van der Waals surface area contributed by atoms with Crippen molar-refractivity contribution in [2.24, 2.45) is 10.3 Å². The molecule has 0 aliphatic rings. The van der Waals surface area contributed by atoms with E-state index < -0.39 is 0 Å². The van der Waals surface area contributed by atoms with Crippen LogP contribution < -0.4 is 0 Å². The summed E-state index contributed by atoms with van der Waals surface area (Å²) >= 11 is 0. The molecule has 0 aliphatic carbocycles. The fraction of sp³-hybridized carbons (Fsp3) is 0. The molecule has 0 spiro atoms. The van der Waals surface area contributed by atoms with Crippen LogP contribution in [-0.2, 0) is 0 Å². The van der Waals surface area contributed by atoms with Crippen LogP contribution >= 0.6 is 0 Å². The van der Waals surface area contributed by atoms with Crippen molar-refractivity contribution in [3.05, 3.63) is 72.1 Å². The second kappa shape index (κ2) is 5.58. The fourth-order valence-corrected chi connectivity index (χ4v) is 2.99. The lowest BCUT2D eigenvalue weighted by Gasteiger charge is -2.05. The van der Waals surface area contributed by atoms with E-state index >= 15 is 0 Å². The third-order valence-electron chi connectivity index (χ3n) is 4.11. The van der Waals surface area contributed by atoms with Gasteiger partial charge in [0.25, 0.3) is 0 Å². The lowest BCUT2D eigenvalue weighted by molar-refractivity contribution is 0.314. The van der Waals surface area contributed by atoms with Gasteiger partial charge >= 0.3 is 0 Å². The van der Waals surface area contributed by atoms with Gasteiger partial charge < -0.3 is 20.4 Å². The molecular formula is C18H14N4O2. The average Bonchev–Trinajstić information content (AvgIpc) is 3.24. The van der Waals surface area contributed by atoms with E-state index in [-0.39, 0.29) is 11.4 Å². The number of para-hydroxylation sites is 2. The predicted molar refractivity (Wildman–Crippen MR) is 93.2 cm³/mol. The van der Waals surface area contributed by atoms with Crippen molar-refractivity contribution in [1.29, 1.82) is 0 Å². The highest BCUT2D eigenvalue weighted by Crippen LogP contribution is 2.24. The number of fused-ring (bicyclic) bond motifs is 2. The van der Waals surface area contributed by atoms with Crippen molar-refractivity contribution < 1.29 is 10.4 Å². The number of nitrogens with one attached hydrogen (secondary N) is 2. The minimum Gasteiger partial charge on any atom is -0.410 e. The highest BCUT2D eigenvalue weighted by Gasteiger charge is 2.21. The number of hydrogen-bond donors (Lipinski definition) is 4. The lowest BCUT2D eigenvalue weighted by Crippen LogP contribution is -2.17. The normalized spacial score (nSPS) is 13.0. The zero-order chi connectivity index (χ0) is 16.5. The van der Waals surface area contributed by atoms with Crippen LogP contribution in [0.25, 0.3) is 21.8 Å². The lowest BCUT2D eigenvalue weighted by atomic mass is 9.99. The highest BCUT2D eigenvalue weighted by atomic mass is 16.4. The van der Waals surface area contributed by atoms with Crippen LogP contribution in [0.5, 0.6) is 0 Å². The van der Waals surface area contributed by atoms with E-state index in [1.54, 1.807) is 12.4 Å². The zero-order valence-electron chi connectivity index (χ0n) is 12.6. The fourth-order valence-electron chi connectivity index (χ4n) is 2.99. The van der Waals surface area contributed by atoms with Gasteiger partial charge in [-0.25, -0.2) is 0 Å². The summed E-state index contributed by atoms with van der Waals surface area (Å²) in [4.78, 5) is 6.26. The number of benzene rings is 2. The Morgan fingerprint density at radius 1 is 0.667 bits per heavy atom. The Hall–Kier alpha value is -3.54. The van der Waals surface area contributed by atoms with Gasteiger partial charge in [-0.3, -0.25) is 0 Å². The SMILES string of the molecule is O/N=C(/C(=N/O)c1c[nH]c2ccccc12)c1c[nH]c2ccccc12. The molecule has 6 heteroatoms. The average molecular weight is 318 g/mol. The molecule has 2 heterocycles. The van der Waals surface area contributed by atoms with Gasteiger partial charge in [0.1, 0.15) is 11.4 Å². The van der Waals surface area contributed by atoms with E-state index in [2.05, 4.69) is 20.3 Å². The smallest absolute Gasteiger partial charge is 0.141 e. The van der Waals surface area contributed by atoms with Crippen LogP contribution in [0.4, 0.5) is 0 Å². The summed E-state index contributed by atoms with van der Waals surface area (Å²) < 4.78 is 0. The molecule has 0 radical (unpaired) electrons. The molecule has 0 bridgehead atoms. The van der Waals surface area contributed by atoms with E-state index in [1.807, 2.05) is 48.5 Å². The molecule has 0 atom stereocenters. The van der Waals surface area contributed by atoms with Crippen LogP contribution in [0.3, 0.4) is 0 Å². The molecule has 4 N–H and O–H groups in total. The molecule has 0 amide bonds. The van der Waals surface area contributed by atoms with Gasteiger partial charge in [-0.2, -0.15) is 0 Å². The van der Waals surface area contributed by atoms with Crippen LogP contribution in [0.1, 0.15) is 11.1 Å². The van der Waals surface area contributed by atoms with E-state index in [4.69, 9.17) is 0 Å². The maximum Gasteiger partial charge on any atom is 0.141 e. The Kier molecular flexibility index (Phi) is 3.28. The molecule has 24 heavy (non-hydrogen) atoms. The quantitative estimate of drug-likeness (QED) is 0.263. The second-order valence-electron chi connectivity index (χ2n) is 5.39. The molecule has 2 aromatic heterocycles. The Bertz CT molecular complexity index is 1000. The molecule has 0 saturated heterocycles. The monoisotopic (exact) mass is 318 g/mol. The molecule has 6 nitrogen and oxygen atoms in total. The number of rotatable bonds is 3. The number of H-pyrrole nitrogens is 2. The maximum absolute atomic E-state index is 9.60. The van der Waals surface area contributed by atoms with Gasteiger partial charge in [0.2, 0.25) is 0 Å². The van der Waals surface area contributed by atoms with Crippen LogP contribution in [0.2, 0.25) is 0 Å². The first-order valence-corrected chi connectivity index (χ1v) is 7.41. The van der Waals surface area contributed by atoms with Crippen molar-refractivity contribution in [3.63, 3.8) is 0 Å². The van der Waals surface area contributed by atoms with Gasteiger partial charge in [-0.15, -0.1) is 0 Å². The number of aromatic nitrogens is 2. The first-order valence-electron chi connectivity index (χ1n) is 7.41. The third kappa shape index (κ3) is 2.04. The summed E-state index contributed by atoms with van der Waals surface area (Å²) in [5.41, 5.74) is 3.52. The van der Waals surface area contributed by atoms with Gasteiger partial charge in [-0.05, 0) is 12.1 Å². The van der Waals surface area contributed by atoms with E-state index in [0.29, 0.717) is 11.1 Å². The Labute approximate surface area is 136 Å². The zero-order valence-corrected chi connectivity index (χ0v) is 12.6. The maximum atomic E-state index is 9.60.